The maximum absolute atomic E-state index is 10.5. The minimum atomic E-state index is -0.734. The fraction of sp³-hybridized carbons (Fsp3) is 0.900. The molecule has 0 spiro atoms. The zero-order chi connectivity index (χ0) is 10.4. The lowest BCUT2D eigenvalue weighted by atomic mass is 9.99. The molecule has 14 heavy (non-hydrogen) atoms. The first-order valence-corrected chi connectivity index (χ1v) is 5.24. The van der Waals surface area contributed by atoms with E-state index in [1.54, 1.807) is 0 Å². The maximum atomic E-state index is 10.5. The second kappa shape index (κ2) is 5.98. The van der Waals surface area contributed by atoms with Gasteiger partial charge in [-0.1, -0.05) is 0 Å². The van der Waals surface area contributed by atoms with E-state index in [0.29, 0.717) is 5.92 Å². The van der Waals surface area contributed by atoms with Gasteiger partial charge in [0.05, 0.1) is 13.2 Å². The molecule has 0 aromatic heterocycles. The zero-order valence-corrected chi connectivity index (χ0v) is 8.74. The molecule has 1 aliphatic heterocycles. The standard InChI is InChI=1S/C10H19NO3/c1-2-14-8-9-4-3-5-11(6-9)7-10(12)13/h9H,2-8H2,1H3,(H,12,13)/t9-/m0/s1. The monoisotopic (exact) mass is 201 g/mol. The van der Waals surface area contributed by atoms with Crippen molar-refractivity contribution < 1.29 is 14.6 Å². The smallest absolute Gasteiger partial charge is 0.317 e. The maximum Gasteiger partial charge on any atom is 0.317 e. The second-order valence-electron chi connectivity index (χ2n) is 3.80. The Morgan fingerprint density at radius 2 is 2.43 bits per heavy atom. The average molecular weight is 201 g/mol. The number of carboxylic acids is 1. The van der Waals surface area contributed by atoms with E-state index in [1.807, 2.05) is 11.8 Å². The van der Waals surface area contributed by atoms with E-state index in [9.17, 15) is 4.79 Å². The van der Waals surface area contributed by atoms with E-state index in [1.165, 1.54) is 0 Å². The summed E-state index contributed by atoms with van der Waals surface area (Å²) in [6, 6.07) is 0. The lowest BCUT2D eigenvalue weighted by molar-refractivity contribution is -0.138. The number of likely N-dealkylation sites (tertiary alicyclic amines) is 1. The molecular formula is C10H19NO3. The van der Waals surface area contributed by atoms with Gasteiger partial charge in [-0.3, -0.25) is 9.69 Å². The molecule has 82 valence electrons. The molecule has 0 aromatic carbocycles. The minimum Gasteiger partial charge on any atom is -0.480 e. The van der Waals surface area contributed by atoms with Gasteiger partial charge in [-0.2, -0.15) is 0 Å². The third kappa shape index (κ3) is 4.07. The number of ether oxygens (including phenoxy) is 1. The fourth-order valence-corrected chi connectivity index (χ4v) is 1.91. The molecule has 4 nitrogen and oxygen atoms in total. The summed E-state index contributed by atoms with van der Waals surface area (Å²) in [5, 5.41) is 8.66. The molecule has 0 radical (unpaired) electrons. The predicted octanol–water partition coefficient (Wildman–Crippen LogP) is 0.820. The molecule has 1 saturated heterocycles. The van der Waals surface area contributed by atoms with Gasteiger partial charge >= 0.3 is 5.97 Å². The van der Waals surface area contributed by atoms with Crippen molar-refractivity contribution >= 4 is 5.97 Å². The van der Waals surface area contributed by atoms with Crippen molar-refractivity contribution in [3.05, 3.63) is 0 Å². The molecule has 1 heterocycles. The minimum absolute atomic E-state index is 0.169. The summed E-state index contributed by atoms with van der Waals surface area (Å²) in [6.07, 6.45) is 2.25. The summed E-state index contributed by atoms with van der Waals surface area (Å²) in [5.74, 6) is -0.217. The Hall–Kier alpha value is -0.610. The lowest BCUT2D eigenvalue weighted by Gasteiger charge is -2.31. The van der Waals surface area contributed by atoms with Crippen LogP contribution in [0, 0.1) is 5.92 Å². The normalized spacial score (nSPS) is 23.6. The van der Waals surface area contributed by atoms with Gasteiger partial charge in [0.2, 0.25) is 0 Å². The molecule has 1 fully saturated rings. The largest absolute Gasteiger partial charge is 0.480 e. The number of aliphatic carboxylic acids is 1. The van der Waals surface area contributed by atoms with E-state index in [0.717, 1.165) is 39.1 Å². The van der Waals surface area contributed by atoms with Crippen LogP contribution >= 0.6 is 0 Å². The molecule has 0 amide bonds. The van der Waals surface area contributed by atoms with Crippen molar-refractivity contribution in [2.24, 2.45) is 5.92 Å². The summed E-state index contributed by atoms with van der Waals surface area (Å²) in [6.45, 7) is 5.45. The summed E-state index contributed by atoms with van der Waals surface area (Å²) < 4.78 is 5.35. The lowest BCUT2D eigenvalue weighted by Crippen LogP contribution is -2.40. The van der Waals surface area contributed by atoms with Crippen LogP contribution in [0.5, 0.6) is 0 Å². The summed E-state index contributed by atoms with van der Waals surface area (Å²) >= 11 is 0. The molecule has 1 atom stereocenters. The first-order valence-electron chi connectivity index (χ1n) is 5.24. The van der Waals surface area contributed by atoms with Gasteiger partial charge in [0.15, 0.2) is 0 Å². The van der Waals surface area contributed by atoms with Crippen LogP contribution in [0.25, 0.3) is 0 Å². The van der Waals surface area contributed by atoms with Crippen molar-refractivity contribution in [3.63, 3.8) is 0 Å². The van der Waals surface area contributed by atoms with Crippen LogP contribution < -0.4 is 0 Å². The highest BCUT2D eigenvalue weighted by Crippen LogP contribution is 2.16. The third-order valence-corrected chi connectivity index (χ3v) is 2.52. The Morgan fingerprint density at radius 1 is 1.64 bits per heavy atom. The topological polar surface area (TPSA) is 49.8 Å². The molecular weight excluding hydrogens is 182 g/mol. The van der Waals surface area contributed by atoms with E-state index >= 15 is 0 Å². The number of hydrogen-bond acceptors (Lipinski definition) is 3. The van der Waals surface area contributed by atoms with Crippen LogP contribution in [0.3, 0.4) is 0 Å². The van der Waals surface area contributed by atoms with Crippen LogP contribution in [0.1, 0.15) is 19.8 Å². The molecule has 0 unspecified atom stereocenters. The summed E-state index contributed by atoms with van der Waals surface area (Å²) in [5.41, 5.74) is 0. The average Bonchev–Trinajstić information content (AvgIpc) is 2.14. The first-order chi connectivity index (χ1) is 6.72. The number of piperidine rings is 1. The van der Waals surface area contributed by atoms with E-state index in [-0.39, 0.29) is 6.54 Å². The van der Waals surface area contributed by atoms with Gasteiger partial charge in [0, 0.05) is 13.2 Å². The van der Waals surface area contributed by atoms with Gasteiger partial charge in [-0.15, -0.1) is 0 Å². The van der Waals surface area contributed by atoms with Crippen molar-refractivity contribution in [1.29, 1.82) is 0 Å². The Balaban J connectivity index is 2.24. The highest BCUT2D eigenvalue weighted by molar-refractivity contribution is 5.69. The van der Waals surface area contributed by atoms with Crippen molar-refractivity contribution in [2.75, 3.05) is 32.8 Å². The molecule has 4 heteroatoms. The molecule has 0 bridgehead atoms. The van der Waals surface area contributed by atoms with Gasteiger partial charge in [-0.05, 0) is 32.2 Å². The Kier molecular flexibility index (Phi) is 4.90. The van der Waals surface area contributed by atoms with E-state index in [4.69, 9.17) is 9.84 Å². The van der Waals surface area contributed by atoms with E-state index in [2.05, 4.69) is 0 Å². The van der Waals surface area contributed by atoms with Crippen molar-refractivity contribution in [1.82, 2.24) is 4.90 Å². The molecule has 1 rings (SSSR count). The number of rotatable bonds is 5. The Labute approximate surface area is 84.8 Å². The highest BCUT2D eigenvalue weighted by Gasteiger charge is 2.21. The molecule has 0 aromatic rings. The van der Waals surface area contributed by atoms with Crippen LogP contribution in [-0.2, 0) is 9.53 Å². The SMILES string of the molecule is CCOC[C@H]1CCCN(CC(=O)O)C1. The van der Waals surface area contributed by atoms with E-state index < -0.39 is 5.97 Å². The zero-order valence-electron chi connectivity index (χ0n) is 8.74. The highest BCUT2D eigenvalue weighted by atomic mass is 16.5. The van der Waals surface area contributed by atoms with Gasteiger partial charge in [-0.25, -0.2) is 0 Å². The predicted molar refractivity (Wildman–Crippen MR) is 53.3 cm³/mol. The second-order valence-corrected chi connectivity index (χ2v) is 3.80. The number of hydrogen-bond donors (Lipinski definition) is 1. The number of nitrogens with zero attached hydrogens (tertiary/aromatic N) is 1. The fourth-order valence-electron chi connectivity index (χ4n) is 1.91. The van der Waals surface area contributed by atoms with Crippen molar-refractivity contribution in [3.8, 4) is 0 Å². The first kappa shape index (κ1) is 11.5. The third-order valence-electron chi connectivity index (χ3n) is 2.52. The quantitative estimate of drug-likeness (QED) is 0.715. The van der Waals surface area contributed by atoms with Crippen LogP contribution in [0.15, 0.2) is 0 Å². The number of carbonyl (C=O) groups is 1. The van der Waals surface area contributed by atoms with Gasteiger partial charge in [0.1, 0.15) is 0 Å². The molecule has 0 saturated carbocycles. The van der Waals surface area contributed by atoms with Gasteiger partial charge < -0.3 is 9.84 Å². The molecule has 0 aliphatic carbocycles. The Bertz CT molecular complexity index is 184. The van der Waals surface area contributed by atoms with Crippen LogP contribution in [0.4, 0.5) is 0 Å². The molecule has 1 N–H and O–H groups in total. The Morgan fingerprint density at radius 3 is 3.07 bits per heavy atom. The van der Waals surface area contributed by atoms with Gasteiger partial charge in [0.25, 0.3) is 0 Å². The van der Waals surface area contributed by atoms with Crippen molar-refractivity contribution in [2.45, 2.75) is 19.8 Å². The molecule has 1 aliphatic rings. The number of carboxylic acid groups (broad SMARTS) is 1. The van der Waals surface area contributed by atoms with Crippen LogP contribution in [-0.4, -0.2) is 48.8 Å². The van der Waals surface area contributed by atoms with Crippen LogP contribution in [0.2, 0.25) is 0 Å². The summed E-state index contributed by atoms with van der Waals surface area (Å²) in [7, 11) is 0. The summed E-state index contributed by atoms with van der Waals surface area (Å²) in [4.78, 5) is 12.5.